The standard InChI is InChI=1S/C8H10N2O2/c1-2-9-6-10-7(1)8-5-11-3-4-12-8/h1-2,6,8H,3-5H2/t8-/m0/s1. The summed E-state index contributed by atoms with van der Waals surface area (Å²) in [6.45, 7) is 1.92. The molecule has 1 atom stereocenters. The van der Waals surface area contributed by atoms with E-state index in [4.69, 9.17) is 9.47 Å². The van der Waals surface area contributed by atoms with Crippen molar-refractivity contribution in [3.63, 3.8) is 0 Å². The van der Waals surface area contributed by atoms with Crippen LogP contribution in [0.25, 0.3) is 0 Å². The molecule has 0 radical (unpaired) electrons. The average Bonchev–Trinajstić information content (AvgIpc) is 2.21. The van der Waals surface area contributed by atoms with Crippen LogP contribution in [0.4, 0.5) is 0 Å². The van der Waals surface area contributed by atoms with Crippen molar-refractivity contribution in [2.45, 2.75) is 6.10 Å². The molecule has 0 N–H and O–H groups in total. The topological polar surface area (TPSA) is 44.2 Å². The van der Waals surface area contributed by atoms with Gasteiger partial charge in [0.05, 0.1) is 25.5 Å². The Hall–Kier alpha value is -1.00. The van der Waals surface area contributed by atoms with Crippen molar-refractivity contribution >= 4 is 0 Å². The molecule has 1 aliphatic heterocycles. The molecule has 1 fully saturated rings. The third-order valence-electron chi connectivity index (χ3n) is 1.75. The van der Waals surface area contributed by atoms with E-state index in [-0.39, 0.29) is 6.10 Å². The van der Waals surface area contributed by atoms with Crippen LogP contribution >= 0.6 is 0 Å². The van der Waals surface area contributed by atoms with Crippen LogP contribution in [0.15, 0.2) is 18.6 Å². The lowest BCUT2D eigenvalue weighted by Crippen LogP contribution is -2.22. The van der Waals surface area contributed by atoms with Crippen LogP contribution in [0.1, 0.15) is 11.8 Å². The summed E-state index contributed by atoms with van der Waals surface area (Å²) >= 11 is 0. The number of aromatic nitrogens is 2. The van der Waals surface area contributed by atoms with E-state index in [1.165, 1.54) is 6.33 Å². The molecule has 1 aromatic rings. The molecular formula is C8H10N2O2. The molecule has 0 aliphatic carbocycles. The minimum absolute atomic E-state index is 0.0123. The zero-order valence-corrected chi connectivity index (χ0v) is 6.64. The smallest absolute Gasteiger partial charge is 0.123 e. The molecule has 4 nitrogen and oxygen atoms in total. The summed E-state index contributed by atoms with van der Waals surface area (Å²) in [5.74, 6) is 0. The summed E-state index contributed by atoms with van der Waals surface area (Å²) < 4.78 is 10.7. The molecule has 1 saturated heterocycles. The van der Waals surface area contributed by atoms with Crippen molar-refractivity contribution in [1.29, 1.82) is 0 Å². The predicted molar refractivity (Wildman–Crippen MR) is 41.5 cm³/mol. The largest absolute Gasteiger partial charge is 0.376 e. The van der Waals surface area contributed by atoms with Crippen LogP contribution in [0, 0.1) is 0 Å². The van der Waals surface area contributed by atoms with Gasteiger partial charge >= 0.3 is 0 Å². The highest BCUT2D eigenvalue weighted by atomic mass is 16.6. The second-order valence-corrected chi connectivity index (χ2v) is 2.57. The van der Waals surface area contributed by atoms with Gasteiger partial charge in [0, 0.05) is 6.20 Å². The van der Waals surface area contributed by atoms with Crippen molar-refractivity contribution in [3.8, 4) is 0 Å². The summed E-state index contributed by atoms with van der Waals surface area (Å²) in [5.41, 5.74) is 0.893. The van der Waals surface area contributed by atoms with Gasteiger partial charge in [-0.2, -0.15) is 0 Å². The van der Waals surface area contributed by atoms with Crippen molar-refractivity contribution < 1.29 is 9.47 Å². The van der Waals surface area contributed by atoms with E-state index >= 15 is 0 Å². The molecule has 0 amide bonds. The van der Waals surface area contributed by atoms with Gasteiger partial charge in [0.25, 0.3) is 0 Å². The van der Waals surface area contributed by atoms with Gasteiger partial charge in [-0.3, -0.25) is 0 Å². The first kappa shape index (κ1) is 7.64. The lowest BCUT2D eigenvalue weighted by Gasteiger charge is -2.21. The summed E-state index contributed by atoms with van der Waals surface area (Å²) in [5, 5.41) is 0. The number of rotatable bonds is 1. The van der Waals surface area contributed by atoms with E-state index in [0.29, 0.717) is 19.8 Å². The van der Waals surface area contributed by atoms with E-state index in [1.807, 2.05) is 6.07 Å². The zero-order chi connectivity index (χ0) is 8.23. The van der Waals surface area contributed by atoms with Crippen LogP contribution in [0.5, 0.6) is 0 Å². The Balaban J connectivity index is 2.08. The van der Waals surface area contributed by atoms with E-state index in [9.17, 15) is 0 Å². The predicted octanol–water partition coefficient (Wildman–Crippen LogP) is 0.565. The molecule has 2 heterocycles. The average molecular weight is 166 g/mol. The molecule has 12 heavy (non-hydrogen) atoms. The number of hydrogen-bond donors (Lipinski definition) is 0. The van der Waals surface area contributed by atoms with Gasteiger partial charge in [0.1, 0.15) is 12.4 Å². The molecule has 4 heteroatoms. The quantitative estimate of drug-likeness (QED) is 0.611. The number of hydrogen-bond acceptors (Lipinski definition) is 4. The van der Waals surface area contributed by atoms with E-state index in [1.54, 1.807) is 6.20 Å². The molecule has 64 valence electrons. The highest BCUT2D eigenvalue weighted by Gasteiger charge is 2.16. The Bertz CT molecular complexity index is 234. The maximum Gasteiger partial charge on any atom is 0.123 e. The zero-order valence-electron chi connectivity index (χ0n) is 6.64. The molecule has 0 unspecified atom stereocenters. The fourth-order valence-electron chi connectivity index (χ4n) is 1.15. The fraction of sp³-hybridized carbons (Fsp3) is 0.500. The Morgan fingerprint density at radius 3 is 3.08 bits per heavy atom. The van der Waals surface area contributed by atoms with Gasteiger partial charge in [-0.05, 0) is 6.07 Å². The second kappa shape index (κ2) is 3.60. The van der Waals surface area contributed by atoms with Gasteiger partial charge in [0.15, 0.2) is 0 Å². The maximum atomic E-state index is 5.45. The van der Waals surface area contributed by atoms with Gasteiger partial charge in [-0.1, -0.05) is 0 Å². The maximum absolute atomic E-state index is 5.45. The molecule has 0 bridgehead atoms. The van der Waals surface area contributed by atoms with Crippen molar-refractivity contribution in [2.75, 3.05) is 19.8 Å². The highest BCUT2D eigenvalue weighted by Crippen LogP contribution is 2.17. The summed E-state index contributed by atoms with van der Waals surface area (Å²) in [6, 6.07) is 1.85. The lowest BCUT2D eigenvalue weighted by molar-refractivity contribution is -0.0918. The summed E-state index contributed by atoms with van der Waals surface area (Å²) in [7, 11) is 0. The molecule has 2 rings (SSSR count). The third kappa shape index (κ3) is 1.60. The van der Waals surface area contributed by atoms with E-state index in [2.05, 4.69) is 9.97 Å². The first-order chi connectivity index (χ1) is 5.97. The molecule has 1 aromatic heterocycles. The fourth-order valence-corrected chi connectivity index (χ4v) is 1.15. The van der Waals surface area contributed by atoms with Crippen molar-refractivity contribution in [2.24, 2.45) is 0 Å². The Morgan fingerprint density at radius 2 is 2.42 bits per heavy atom. The van der Waals surface area contributed by atoms with Crippen LogP contribution in [-0.4, -0.2) is 29.8 Å². The summed E-state index contributed by atoms with van der Waals surface area (Å²) in [6.07, 6.45) is 3.22. The first-order valence-electron chi connectivity index (χ1n) is 3.92. The van der Waals surface area contributed by atoms with Crippen molar-refractivity contribution in [1.82, 2.24) is 9.97 Å². The number of ether oxygens (including phenoxy) is 2. The first-order valence-corrected chi connectivity index (χ1v) is 3.92. The molecular weight excluding hydrogens is 156 g/mol. The van der Waals surface area contributed by atoms with Crippen LogP contribution < -0.4 is 0 Å². The highest BCUT2D eigenvalue weighted by molar-refractivity contribution is 5.02. The second-order valence-electron chi connectivity index (χ2n) is 2.57. The Labute approximate surface area is 70.6 Å². The van der Waals surface area contributed by atoms with Gasteiger partial charge in [-0.25, -0.2) is 9.97 Å². The van der Waals surface area contributed by atoms with Gasteiger partial charge < -0.3 is 9.47 Å². The normalized spacial score (nSPS) is 23.8. The molecule has 1 aliphatic rings. The minimum atomic E-state index is -0.0123. The SMILES string of the molecule is c1cc([C@@H]2COCCO2)ncn1. The van der Waals surface area contributed by atoms with Crippen molar-refractivity contribution in [3.05, 3.63) is 24.3 Å². The van der Waals surface area contributed by atoms with E-state index in [0.717, 1.165) is 5.69 Å². The molecule has 0 saturated carbocycles. The Kier molecular flexibility index (Phi) is 2.29. The van der Waals surface area contributed by atoms with Crippen LogP contribution in [0.3, 0.4) is 0 Å². The number of nitrogens with zero attached hydrogens (tertiary/aromatic N) is 2. The Morgan fingerprint density at radius 1 is 1.42 bits per heavy atom. The minimum Gasteiger partial charge on any atom is -0.376 e. The summed E-state index contributed by atoms with van der Waals surface area (Å²) in [4.78, 5) is 7.92. The van der Waals surface area contributed by atoms with E-state index < -0.39 is 0 Å². The van der Waals surface area contributed by atoms with Crippen LogP contribution in [0.2, 0.25) is 0 Å². The van der Waals surface area contributed by atoms with Gasteiger partial charge in [-0.15, -0.1) is 0 Å². The van der Waals surface area contributed by atoms with Gasteiger partial charge in [0.2, 0.25) is 0 Å². The van der Waals surface area contributed by atoms with Crippen LogP contribution in [-0.2, 0) is 9.47 Å². The lowest BCUT2D eigenvalue weighted by atomic mass is 10.2. The molecule has 0 spiro atoms. The third-order valence-corrected chi connectivity index (χ3v) is 1.75. The molecule has 0 aromatic carbocycles. The monoisotopic (exact) mass is 166 g/mol.